The molecule has 2 heterocycles. The van der Waals surface area contributed by atoms with Gasteiger partial charge in [-0.25, -0.2) is 4.39 Å². The van der Waals surface area contributed by atoms with Crippen molar-refractivity contribution in [2.45, 2.75) is 57.0 Å². The molecule has 1 aliphatic carbocycles. The van der Waals surface area contributed by atoms with Crippen molar-refractivity contribution in [3.05, 3.63) is 50.4 Å². The van der Waals surface area contributed by atoms with Gasteiger partial charge >= 0.3 is 0 Å². The predicted octanol–water partition coefficient (Wildman–Crippen LogP) is 6.63. The van der Waals surface area contributed by atoms with Gasteiger partial charge in [0.1, 0.15) is 5.82 Å². The van der Waals surface area contributed by atoms with Crippen LogP contribution in [-0.2, 0) is 25.1 Å². The fourth-order valence-electron chi connectivity index (χ4n) is 3.69. The van der Waals surface area contributed by atoms with Crippen LogP contribution in [0.4, 0.5) is 4.39 Å². The second-order valence-electron chi connectivity index (χ2n) is 7.35. The number of nitrogens with zero attached hydrogens (tertiary/aromatic N) is 3. The first-order valence-corrected chi connectivity index (χ1v) is 11.9. The Morgan fingerprint density at radius 3 is 3.00 bits per heavy atom. The zero-order chi connectivity index (χ0) is 19.7. The minimum Gasteiger partial charge on any atom is -0.302 e. The van der Waals surface area contributed by atoms with E-state index in [4.69, 9.17) is 11.6 Å². The highest BCUT2D eigenvalue weighted by molar-refractivity contribution is 7.98. The Morgan fingerprint density at radius 2 is 2.21 bits per heavy atom. The van der Waals surface area contributed by atoms with Crippen LogP contribution in [0.5, 0.6) is 0 Å². The molecule has 0 amide bonds. The monoisotopic (exact) mass is 435 g/mol. The Morgan fingerprint density at radius 1 is 1.36 bits per heavy atom. The standard InChI is InChI=1S/C21H23ClFN3S2/c1-3-9-26-20(15-11-27-19-10-13(2)7-8-14(15)19)24-25-21(26)28-12-16-17(22)5-4-6-18(16)23/h4-6,11,13H,3,7-10,12H2,1-2H3/t13-/m0/s1. The number of hydrogen-bond acceptors (Lipinski definition) is 4. The van der Waals surface area contributed by atoms with Crippen LogP contribution in [0.15, 0.2) is 28.7 Å². The van der Waals surface area contributed by atoms with Gasteiger partial charge in [-0.1, -0.05) is 43.3 Å². The third-order valence-electron chi connectivity index (χ3n) is 5.21. The minimum absolute atomic E-state index is 0.275. The second kappa shape index (κ2) is 8.56. The molecule has 2 aromatic heterocycles. The first kappa shape index (κ1) is 19.9. The van der Waals surface area contributed by atoms with Crippen molar-refractivity contribution in [2.24, 2.45) is 5.92 Å². The van der Waals surface area contributed by atoms with Gasteiger partial charge in [0.2, 0.25) is 0 Å². The molecule has 1 aliphatic rings. The van der Waals surface area contributed by atoms with Crippen LogP contribution in [0.3, 0.4) is 0 Å². The van der Waals surface area contributed by atoms with Gasteiger partial charge in [-0.15, -0.1) is 21.5 Å². The fourth-order valence-corrected chi connectivity index (χ4v) is 6.24. The Bertz CT molecular complexity index is 962. The van der Waals surface area contributed by atoms with Crippen LogP contribution in [0.2, 0.25) is 5.02 Å². The lowest BCUT2D eigenvalue weighted by Gasteiger charge is -2.19. The highest BCUT2D eigenvalue weighted by Crippen LogP contribution is 2.39. The Kier molecular flexibility index (Phi) is 6.09. The van der Waals surface area contributed by atoms with E-state index in [1.165, 1.54) is 40.3 Å². The van der Waals surface area contributed by atoms with E-state index in [0.717, 1.165) is 42.7 Å². The number of fused-ring (bicyclic) bond motifs is 1. The first-order chi connectivity index (χ1) is 13.6. The largest absolute Gasteiger partial charge is 0.302 e. The SMILES string of the molecule is CCCn1c(SCc2c(F)cccc2Cl)nnc1-c1csc2c1CC[C@H](C)C2. The van der Waals surface area contributed by atoms with E-state index in [9.17, 15) is 4.39 Å². The van der Waals surface area contributed by atoms with Crippen molar-refractivity contribution in [3.63, 3.8) is 0 Å². The van der Waals surface area contributed by atoms with Crippen LogP contribution < -0.4 is 0 Å². The molecule has 7 heteroatoms. The lowest BCUT2D eigenvalue weighted by Crippen LogP contribution is -2.10. The lowest BCUT2D eigenvalue weighted by atomic mass is 9.88. The van der Waals surface area contributed by atoms with Gasteiger partial charge in [0.25, 0.3) is 0 Å². The average molecular weight is 436 g/mol. The molecule has 148 valence electrons. The Hall–Kier alpha value is -1.37. The summed E-state index contributed by atoms with van der Waals surface area (Å²) in [4.78, 5) is 1.49. The second-order valence-corrected chi connectivity index (χ2v) is 9.66. The highest BCUT2D eigenvalue weighted by atomic mass is 35.5. The van der Waals surface area contributed by atoms with Crippen LogP contribution in [0.25, 0.3) is 11.4 Å². The van der Waals surface area contributed by atoms with E-state index in [2.05, 4.69) is 34.0 Å². The molecular formula is C21H23ClFN3S2. The molecule has 0 spiro atoms. The molecule has 0 bridgehead atoms. The van der Waals surface area contributed by atoms with Crippen molar-refractivity contribution in [1.82, 2.24) is 14.8 Å². The normalized spacial score (nSPS) is 16.4. The van der Waals surface area contributed by atoms with E-state index in [0.29, 0.717) is 16.3 Å². The van der Waals surface area contributed by atoms with Gasteiger partial charge in [-0.3, -0.25) is 0 Å². The van der Waals surface area contributed by atoms with E-state index in [1.807, 2.05) is 11.3 Å². The molecule has 0 fully saturated rings. The number of hydrogen-bond donors (Lipinski definition) is 0. The van der Waals surface area contributed by atoms with Gasteiger partial charge < -0.3 is 4.57 Å². The quantitative estimate of drug-likeness (QED) is 0.407. The molecule has 4 rings (SSSR count). The van der Waals surface area contributed by atoms with Crippen molar-refractivity contribution < 1.29 is 4.39 Å². The Balaban J connectivity index is 1.63. The van der Waals surface area contributed by atoms with E-state index in [-0.39, 0.29) is 5.82 Å². The van der Waals surface area contributed by atoms with Crippen molar-refractivity contribution in [2.75, 3.05) is 0 Å². The zero-order valence-corrected chi connectivity index (χ0v) is 18.4. The first-order valence-electron chi connectivity index (χ1n) is 9.67. The molecule has 1 atom stereocenters. The summed E-state index contributed by atoms with van der Waals surface area (Å²) in [7, 11) is 0. The number of aromatic nitrogens is 3. The molecule has 0 radical (unpaired) electrons. The predicted molar refractivity (Wildman–Crippen MR) is 116 cm³/mol. The summed E-state index contributed by atoms with van der Waals surface area (Å²) >= 11 is 9.52. The molecule has 3 aromatic rings. The number of benzene rings is 1. The van der Waals surface area contributed by atoms with E-state index < -0.39 is 0 Å². The summed E-state index contributed by atoms with van der Waals surface area (Å²) in [6.07, 6.45) is 4.49. The summed E-state index contributed by atoms with van der Waals surface area (Å²) in [6, 6.07) is 4.80. The van der Waals surface area contributed by atoms with Crippen molar-refractivity contribution >= 4 is 34.7 Å². The molecular weight excluding hydrogens is 413 g/mol. The van der Waals surface area contributed by atoms with Crippen molar-refractivity contribution in [3.8, 4) is 11.4 Å². The maximum absolute atomic E-state index is 14.1. The molecule has 0 unspecified atom stereocenters. The molecule has 1 aromatic carbocycles. The highest BCUT2D eigenvalue weighted by Gasteiger charge is 2.24. The number of thioether (sulfide) groups is 1. The van der Waals surface area contributed by atoms with Gasteiger partial charge in [-0.05, 0) is 49.3 Å². The lowest BCUT2D eigenvalue weighted by molar-refractivity contribution is 0.508. The third-order valence-corrected chi connectivity index (χ3v) is 7.61. The summed E-state index contributed by atoms with van der Waals surface area (Å²) in [5, 5.41) is 12.5. The molecule has 0 N–H and O–H groups in total. The summed E-state index contributed by atoms with van der Waals surface area (Å²) in [5.41, 5.74) is 3.19. The molecule has 3 nitrogen and oxygen atoms in total. The van der Waals surface area contributed by atoms with Crippen LogP contribution in [0.1, 0.15) is 42.7 Å². The molecule has 28 heavy (non-hydrogen) atoms. The molecule has 0 aliphatic heterocycles. The summed E-state index contributed by atoms with van der Waals surface area (Å²) < 4.78 is 16.3. The smallest absolute Gasteiger partial charge is 0.191 e. The number of rotatable bonds is 6. The van der Waals surface area contributed by atoms with E-state index >= 15 is 0 Å². The summed E-state index contributed by atoms with van der Waals surface area (Å²) in [6.45, 7) is 5.32. The summed E-state index contributed by atoms with van der Waals surface area (Å²) in [5.74, 6) is 1.86. The van der Waals surface area contributed by atoms with Crippen molar-refractivity contribution in [1.29, 1.82) is 0 Å². The van der Waals surface area contributed by atoms with E-state index in [1.54, 1.807) is 12.1 Å². The number of thiophene rings is 1. The molecule has 0 saturated heterocycles. The molecule has 0 saturated carbocycles. The number of halogens is 2. The average Bonchev–Trinajstić information content (AvgIpc) is 3.25. The van der Waals surface area contributed by atoms with Gasteiger partial charge in [0, 0.05) is 38.7 Å². The minimum atomic E-state index is -0.275. The van der Waals surface area contributed by atoms with Gasteiger partial charge in [0.05, 0.1) is 0 Å². The van der Waals surface area contributed by atoms with Crippen LogP contribution in [-0.4, -0.2) is 14.8 Å². The topological polar surface area (TPSA) is 30.7 Å². The van der Waals surface area contributed by atoms with Gasteiger partial charge in [-0.2, -0.15) is 0 Å². The third kappa shape index (κ3) is 3.87. The zero-order valence-electron chi connectivity index (χ0n) is 16.0. The maximum atomic E-state index is 14.1. The van der Waals surface area contributed by atoms with Crippen LogP contribution in [0, 0.1) is 11.7 Å². The van der Waals surface area contributed by atoms with Gasteiger partial charge in [0.15, 0.2) is 11.0 Å². The fraction of sp³-hybridized carbons (Fsp3) is 0.429. The maximum Gasteiger partial charge on any atom is 0.191 e. The van der Waals surface area contributed by atoms with Crippen LogP contribution >= 0.6 is 34.7 Å². The Labute approximate surface area is 178 Å².